The van der Waals surface area contributed by atoms with Crippen molar-refractivity contribution >= 4 is 11.6 Å². The fourth-order valence-corrected chi connectivity index (χ4v) is 1.69. The molecule has 0 atom stereocenters. The van der Waals surface area contributed by atoms with E-state index in [4.69, 9.17) is 0 Å². The number of hydrogen-bond donors (Lipinski definition) is 2. The summed E-state index contributed by atoms with van der Waals surface area (Å²) in [5.74, 6) is 0.258. The van der Waals surface area contributed by atoms with Gasteiger partial charge in [0.15, 0.2) is 5.78 Å². The van der Waals surface area contributed by atoms with Gasteiger partial charge in [0.1, 0.15) is 5.84 Å². The Morgan fingerprint density at radius 1 is 1.35 bits per heavy atom. The third kappa shape index (κ3) is 2.53. The van der Waals surface area contributed by atoms with E-state index in [-0.39, 0.29) is 11.4 Å². The molecule has 2 N–H and O–H groups in total. The van der Waals surface area contributed by atoms with Gasteiger partial charge in [0, 0.05) is 18.7 Å². The quantitative estimate of drug-likeness (QED) is 0.472. The molecule has 1 aliphatic rings. The molecule has 1 aromatic rings. The molecule has 0 spiro atoms. The van der Waals surface area contributed by atoms with Crippen LogP contribution < -0.4 is 5.32 Å². The predicted molar refractivity (Wildman–Crippen MR) is 66.4 cm³/mol. The van der Waals surface area contributed by atoms with Crippen molar-refractivity contribution in [2.75, 3.05) is 13.1 Å². The fourth-order valence-electron chi connectivity index (χ4n) is 1.69. The number of ketones is 1. The van der Waals surface area contributed by atoms with Crippen molar-refractivity contribution in [1.82, 2.24) is 5.32 Å². The molecule has 0 saturated heterocycles. The summed E-state index contributed by atoms with van der Waals surface area (Å²) in [5.41, 5.74) is 0.763. The Kier molecular flexibility index (Phi) is 3.55. The van der Waals surface area contributed by atoms with Crippen LogP contribution in [0.15, 0.2) is 47.2 Å². The zero-order valence-electron chi connectivity index (χ0n) is 9.39. The van der Waals surface area contributed by atoms with E-state index in [1.165, 1.54) is 0 Å². The van der Waals surface area contributed by atoms with Crippen molar-refractivity contribution < 1.29 is 9.90 Å². The van der Waals surface area contributed by atoms with Crippen LogP contribution in [0.4, 0.5) is 0 Å². The van der Waals surface area contributed by atoms with Gasteiger partial charge in [0.2, 0.25) is 0 Å². The van der Waals surface area contributed by atoms with Gasteiger partial charge in [0.25, 0.3) is 0 Å². The highest BCUT2D eigenvalue weighted by Gasteiger charge is 2.19. The van der Waals surface area contributed by atoms with Crippen LogP contribution in [0.2, 0.25) is 0 Å². The first-order valence-electron chi connectivity index (χ1n) is 5.56. The van der Waals surface area contributed by atoms with Crippen LogP contribution in [0, 0.1) is 0 Å². The standard InChI is InChI=1S/C13H14N2O2/c16-9-11(13-14-7-4-8-15-13)12(17)10-5-2-1-3-6-10/h1-3,5-6,9,16H,4,7-8H2,(H,14,15)/b11-9-. The first-order valence-corrected chi connectivity index (χ1v) is 5.56. The summed E-state index contributed by atoms with van der Waals surface area (Å²) in [6, 6.07) is 8.86. The molecule has 0 aliphatic carbocycles. The number of benzene rings is 1. The number of aliphatic hydroxyl groups is 1. The van der Waals surface area contributed by atoms with E-state index in [2.05, 4.69) is 10.3 Å². The van der Waals surface area contributed by atoms with Crippen LogP contribution in [0.3, 0.4) is 0 Å². The van der Waals surface area contributed by atoms with E-state index in [0.29, 0.717) is 17.9 Å². The average Bonchev–Trinajstić information content (AvgIpc) is 2.42. The van der Waals surface area contributed by atoms with E-state index in [1.807, 2.05) is 6.07 Å². The molecule has 1 aliphatic heterocycles. The van der Waals surface area contributed by atoms with Gasteiger partial charge in [-0.05, 0) is 6.42 Å². The number of carbonyl (C=O) groups excluding carboxylic acids is 1. The fraction of sp³-hybridized carbons (Fsp3) is 0.231. The lowest BCUT2D eigenvalue weighted by atomic mass is 10.0. The highest BCUT2D eigenvalue weighted by molar-refractivity contribution is 6.27. The smallest absolute Gasteiger partial charge is 0.199 e. The summed E-state index contributed by atoms with van der Waals surface area (Å²) in [4.78, 5) is 16.3. The lowest BCUT2D eigenvalue weighted by molar-refractivity contribution is 0.103. The van der Waals surface area contributed by atoms with Crippen LogP contribution in [0.5, 0.6) is 0 Å². The van der Waals surface area contributed by atoms with Gasteiger partial charge in [0.05, 0.1) is 11.8 Å². The Bertz CT molecular complexity index is 464. The largest absolute Gasteiger partial charge is 0.515 e. The Morgan fingerprint density at radius 2 is 2.12 bits per heavy atom. The maximum Gasteiger partial charge on any atom is 0.199 e. The Hall–Kier alpha value is -2.10. The molecule has 0 fully saturated rings. The lowest BCUT2D eigenvalue weighted by Gasteiger charge is -2.15. The van der Waals surface area contributed by atoms with Crippen LogP contribution in [0.1, 0.15) is 16.8 Å². The van der Waals surface area contributed by atoms with Crippen molar-refractivity contribution in [3.63, 3.8) is 0 Å². The van der Waals surface area contributed by atoms with Crippen LogP contribution in [0.25, 0.3) is 0 Å². The third-order valence-corrected chi connectivity index (χ3v) is 2.56. The summed E-state index contributed by atoms with van der Waals surface area (Å²) in [7, 11) is 0. The van der Waals surface area contributed by atoms with Crippen molar-refractivity contribution in [2.45, 2.75) is 6.42 Å². The van der Waals surface area contributed by atoms with Gasteiger partial charge in [-0.3, -0.25) is 9.79 Å². The molecule has 17 heavy (non-hydrogen) atoms. The molecule has 2 rings (SSSR count). The summed E-state index contributed by atoms with van der Waals surface area (Å²) < 4.78 is 0. The third-order valence-electron chi connectivity index (χ3n) is 2.56. The van der Waals surface area contributed by atoms with E-state index < -0.39 is 0 Å². The normalized spacial score (nSPS) is 16.0. The summed E-state index contributed by atoms with van der Waals surface area (Å²) in [5, 5.41) is 12.2. The Morgan fingerprint density at radius 3 is 2.71 bits per heavy atom. The van der Waals surface area contributed by atoms with Gasteiger partial charge in [-0.25, -0.2) is 0 Å². The molecule has 0 radical (unpaired) electrons. The van der Waals surface area contributed by atoms with Gasteiger partial charge in [-0.15, -0.1) is 0 Å². The number of aliphatic imine (C=N–C) groups is 1. The summed E-state index contributed by atoms with van der Waals surface area (Å²) in [6.45, 7) is 1.46. The predicted octanol–water partition coefficient (Wildman–Crippen LogP) is 1.70. The molecule has 4 heteroatoms. The van der Waals surface area contributed by atoms with Crippen LogP contribution in [-0.4, -0.2) is 29.8 Å². The Labute approximate surface area is 99.7 Å². The van der Waals surface area contributed by atoms with Gasteiger partial charge in [-0.1, -0.05) is 30.3 Å². The SMILES string of the molecule is O=C(/C(=C/O)C1=NCCCN1)c1ccccc1. The zero-order chi connectivity index (χ0) is 12.1. The van der Waals surface area contributed by atoms with Gasteiger partial charge < -0.3 is 10.4 Å². The molecule has 88 valence electrons. The minimum atomic E-state index is -0.221. The molecule has 4 nitrogen and oxygen atoms in total. The number of carbonyl (C=O) groups is 1. The minimum Gasteiger partial charge on any atom is -0.515 e. The van der Waals surface area contributed by atoms with Crippen molar-refractivity contribution in [3.8, 4) is 0 Å². The first-order chi connectivity index (χ1) is 8.33. The first kappa shape index (κ1) is 11.4. The number of amidine groups is 1. The summed E-state index contributed by atoms with van der Waals surface area (Å²) >= 11 is 0. The van der Waals surface area contributed by atoms with Crippen LogP contribution in [-0.2, 0) is 0 Å². The molecule has 0 unspecified atom stereocenters. The van der Waals surface area contributed by atoms with Crippen molar-refractivity contribution in [1.29, 1.82) is 0 Å². The van der Waals surface area contributed by atoms with E-state index >= 15 is 0 Å². The lowest BCUT2D eigenvalue weighted by Crippen LogP contribution is -2.33. The topological polar surface area (TPSA) is 61.7 Å². The molecular formula is C13H14N2O2. The highest BCUT2D eigenvalue weighted by Crippen LogP contribution is 2.10. The zero-order valence-corrected chi connectivity index (χ0v) is 9.39. The second-order valence-corrected chi connectivity index (χ2v) is 3.75. The molecule has 1 heterocycles. The van der Waals surface area contributed by atoms with E-state index in [0.717, 1.165) is 19.2 Å². The van der Waals surface area contributed by atoms with Crippen molar-refractivity contribution in [2.24, 2.45) is 4.99 Å². The molecule has 0 bridgehead atoms. The maximum atomic E-state index is 12.1. The molecule has 0 amide bonds. The maximum absolute atomic E-state index is 12.1. The molecular weight excluding hydrogens is 216 g/mol. The Balaban J connectivity index is 2.26. The van der Waals surface area contributed by atoms with Crippen molar-refractivity contribution in [3.05, 3.63) is 47.7 Å². The van der Waals surface area contributed by atoms with E-state index in [1.54, 1.807) is 24.3 Å². The number of nitrogens with zero attached hydrogens (tertiary/aromatic N) is 1. The van der Waals surface area contributed by atoms with E-state index in [9.17, 15) is 9.90 Å². The average molecular weight is 230 g/mol. The van der Waals surface area contributed by atoms with Gasteiger partial charge >= 0.3 is 0 Å². The van der Waals surface area contributed by atoms with Crippen LogP contribution >= 0.6 is 0 Å². The molecule has 0 saturated carbocycles. The minimum absolute atomic E-state index is 0.218. The molecule has 0 aromatic heterocycles. The van der Waals surface area contributed by atoms with Gasteiger partial charge in [-0.2, -0.15) is 0 Å². The second-order valence-electron chi connectivity index (χ2n) is 3.75. The second kappa shape index (κ2) is 5.30. The highest BCUT2D eigenvalue weighted by atomic mass is 16.2. The number of Topliss-reactive ketones (excluding diaryl/α,β-unsaturated/α-hetero) is 1. The monoisotopic (exact) mass is 230 g/mol. The number of rotatable bonds is 3. The molecule has 1 aromatic carbocycles. The number of nitrogens with one attached hydrogen (secondary N) is 1. The number of aliphatic hydroxyl groups excluding tert-OH is 1. The summed E-state index contributed by atoms with van der Waals surface area (Å²) in [6.07, 6.45) is 1.77. The number of hydrogen-bond acceptors (Lipinski definition) is 4.